The first kappa shape index (κ1) is 14.2. The number of phenols is 1. The van der Waals surface area contributed by atoms with Gasteiger partial charge in [-0.1, -0.05) is 36.4 Å². The molecule has 0 bridgehead atoms. The maximum absolute atomic E-state index is 9.26. The molecule has 0 saturated heterocycles. The zero-order valence-corrected chi connectivity index (χ0v) is 12.5. The van der Waals surface area contributed by atoms with Gasteiger partial charge in [-0.15, -0.1) is 0 Å². The van der Waals surface area contributed by atoms with E-state index < -0.39 is 0 Å². The van der Waals surface area contributed by atoms with Gasteiger partial charge in [-0.3, -0.25) is 0 Å². The highest BCUT2D eigenvalue weighted by Gasteiger charge is 2.30. The highest BCUT2D eigenvalue weighted by Crippen LogP contribution is 2.38. The van der Waals surface area contributed by atoms with Gasteiger partial charge in [0.05, 0.1) is 0 Å². The van der Waals surface area contributed by atoms with Crippen molar-refractivity contribution in [2.45, 2.75) is 38.1 Å². The monoisotopic (exact) mass is 281 g/mol. The Morgan fingerprint density at radius 1 is 1.05 bits per heavy atom. The van der Waals surface area contributed by atoms with E-state index in [-0.39, 0.29) is 0 Å². The van der Waals surface area contributed by atoms with E-state index in [1.54, 1.807) is 12.1 Å². The van der Waals surface area contributed by atoms with Crippen molar-refractivity contribution in [2.24, 2.45) is 0 Å². The summed E-state index contributed by atoms with van der Waals surface area (Å²) in [5.41, 5.74) is 4.22. The Labute approximate surface area is 126 Å². The summed E-state index contributed by atoms with van der Waals surface area (Å²) in [6, 6.07) is 16.9. The molecule has 0 aliphatic heterocycles. The lowest BCUT2D eigenvalue weighted by Crippen LogP contribution is -2.41. The van der Waals surface area contributed by atoms with E-state index in [1.165, 1.54) is 29.5 Å². The molecule has 0 amide bonds. The SMILES string of the molecule is Cc1ccccc1C1CC(NCCc2ccc(O)cc2)C1. The summed E-state index contributed by atoms with van der Waals surface area (Å²) in [4.78, 5) is 0. The average Bonchev–Trinajstić information content (AvgIpc) is 2.45. The van der Waals surface area contributed by atoms with Gasteiger partial charge in [-0.2, -0.15) is 0 Å². The first-order chi connectivity index (χ1) is 10.2. The summed E-state index contributed by atoms with van der Waals surface area (Å²) in [7, 11) is 0. The molecule has 0 radical (unpaired) electrons. The number of hydrogen-bond acceptors (Lipinski definition) is 2. The lowest BCUT2D eigenvalue weighted by molar-refractivity contribution is 0.292. The van der Waals surface area contributed by atoms with Crippen molar-refractivity contribution in [1.82, 2.24) is 5.32 Å². The number of benzene rings is 2. The van der Waals surface area contributed by atoms with Crippen LogP contribution in [0.2, 0.25) is 0 Å². The molecule has 2 N–H and O–H groups in total. The quantitative estimate of drug-likeness (QED) is 0.874. The van der Waals surface area contributed by atoms with Crippen molar-refractivity contribution in [3.8, 4) is 5.75 Å². The first-order valence-corrected chi connectivity index (χ1v) is 7.79. The van der Waals surface area contributed by atoms with Gasteiger partial charge in [0.1, 0.15) is 5.75 Å². The highest BCUT2D eigenvalue weighted by molar-refractivity contribution is 5.31. The van der Waals surface area contributed by atoms with Crippen molar-refractivity contribution in [2.75, 3.05) is 6.54 Å². The maximum atomic E-state index is 9.26. The maximum Gasteiger partial charge on any atom is 0.115 e. The zero-order chi connectivity index (χ0) is 14.7. The molecule has 1 aliphatic rings. The molecule has 2 heteroatoms. The van der Waals surface area contributed by atoms with Gasteiger partial charge in [0.15, 0.2) is 0 Å². The lowest BCUT2D eigenvalue weighted by Gasteiger charge is -2.37. The van der Waals surface area contributed by atoms with Crippen LogP contribution in [0.3, 0.4) is 0 Å². The predicted octanol–water partition coefficient (Wildman–Crippen LogP) is 3.78. The summed E-state index contributed by atoms with van der Waals surface area (Å²) in [6.07, 6.45) is 3.52. The van der Waals surface area contributed by atoms with Crippen molar-refractivity contribution >= 4 is 0 Å². The van der Waals surface area contributed by atoms with E-state index in [4.69, 9.17) is 0 Å². The second kappa shape index (κ2) is 6.31. The van der Waals surface area contributed by atoms with Crippen LogP contribution in [-0.2, 0) is 6.42 Å². The molecule has 3 rings (SSSR count). The molecule has 0 atom stereocenters. The summed E-state index contributed by atoms with van der Waals surface area (Å²) in [5, 5.41) is 12.9. The van der Waals surface area contributed by atoms with Gasteiger partial charge in [-0.25, -0.2) is 0 Å². The van der Waals surface area contributed by atoms with Gasteiger partial charge in [0.2, 0.25) is 0 Å². The van der Waals surface area contributed by atoms with Crippen LogP contribution in [0.15, 0.2) is 48.5 Å². The molecular formula is C19H23NO. The largest absolute Gasteiger partial charge is 0.508 e. The highest BCUT2D eigenvalue weighted by atomic mass is 16.3. The fraction of sp³-hybridized carbons (Fsp3) is 0.368. The molecule has 2 aromatic rings. The third-order valence-electron chi connectivity index (χ3n) is 4.55. The minimum atomic E-state index is 0.340. The van der Waals surface area contributed by atoms with Crippen LogP contribution >= 0.6 is 0 Å². The Kier molecular flexibility index (Phi) is 4.26. The third kappa shape index (κ3) is 3.45. The first-order valence-electron chi connectivity index (χ1n) is 7.79. The van der Waals surface area contributed by atoms with E-state index >= 15 is 0 Å². The number of nitrogens with one attached hydrogen (secondary N) is 1. The molecular weight excluding hydrogens is 258 g/mol. The van der Waals surface area contributed by atoms with Crippen LogP contribution in [0, 0.1) is 6.92 Å². The lowest BCUT2D eigenvalue weighted by atomic mass is 9.74. The molecule has 1 fully saturated rings. The number of aryl methyl sites for hydroxylation is 1. The van der Waals surface area contributed by atoms with Crippen LogP contribution in [0.25, 0.3) is 0 Å². The molecule has 1 saturated carbocycles. The van der Waals surface area contributed by atoms with Gasteiger partial charge < -0.3 is 10.4 Å². The molecule has 1 aliphatic carbocycles. The second-order valence-electron chi connectivity index (χ2n) is 6.09. The molecule has 110 valence electrons. The summed E-state index contributed by atoms with van der Waals surface area (Å²) >= 11 is 0. The van der Waals surface area contributed by atoms with Crippen LogP contribution in [0.5, 0.6) is 5.75 Å². The van der Waals surface area contributed by atoms with Crippen molar-refractivity contribution in [1.29, 1.82) is 0 Å². The standard InChI is InChI=1S/C19H23NO/c1-14-4-2-3-5-19(14)16-12-17(13-16)20-11-10-15-6-8-18(21)9-7-15/h2-9,16-17,20-21H,10-13H2,1H3. The molecule has 2 nitrogen and oxygen atoms in total. The van der Waals surface area contributed by atoms with E-state index in [9.17, 15) is 5.11 Å². The third-order valence-corrected chi connectivity index (χ3v) is 4.55. The number of aromatic hydroxyl groups is 1. The number of phenolic OH excluding ortho intramolecular Hbond substituents is 1. The molecule has 2 aromatic carbocycles. The van der Waals surface area contributed by atoms with E-state index in [0.717, 1.165) is 18.9 Å². The van der Waals surface area contributed by atoms with E-state index in [2.05, 4.69) is 36.5 Å². The molecule has 0 spiro atoms. The van der Waals surface area contributed by atoms with Crippen LogP contribution in [-0.4, -0.2) is 17.7 Å². The number of hydrogen-bond donors (Lipinski definition) is 2. The fourth-order valence-corrected chi connectivity index (χ4v) is 3.17. The Hall–Kier alpha value is -1.80. The normalized spacial score (nSPS) is 21.0. The Bertz CT molecular complexity index is 585. The minimum absolute atomic E-state index is 0.340. The topological polar surface area (TPSA) is 32.3 Å². The van der Waals surface area contributed by atoms with Gasteiger partial charge in [0.25, 0.3) is 0 Å². The summed E-state index contributed by atoms with van der Waals surface area (Å²) in [6.45, 7) is 3.22. The molecule has 0 aromatic heterocycles. The Morgan fingerprint density at radius 3 is 2.48 bits per heavy atom. The molecule has 0 heterocycles. The zero-order valence-electron chi connectivity index (χ0n) is 12.5. The van der Waals surface area contributed by atoms with Crippen LogP contribution < -0.4 is 5.32 Å². The summed E-state index contributed by atoms with van der Waals surface area (Å²) in [5.74, 6) is 1.07. The van der Waals surface area contributed by atoms with Gasteiger partial charge in [0, 0.05) is 6.04 Å². The average molecular weight is 281 g/mol. The minimum Gasteiger partial charge on any atom is -0.508 e. The molecule has 21 heavy (non-hydrogen) atoms. The van der Waals surface area contributed by atoms with Gasteiger partial charge >= 0.3 is 0 Å². The van der Waals surface area contributed by atoms with Crippen LogP contribution in [0.1, 0.15) is 35.4 Å². The van der Waals surface area contributed by atoms with E-state index in [1.807, 2.05) is 12.1 Å². The molecule has 0 unspecified atom stereocenters. The Balaban J connectivity index is 1.41. The second-order valence-corrected chi connectivity index (χ2v) is 6.09. The fourth-order valence-electron chi connectivity index (χ4n) is 3.17. The summed E-state index contributed by atoms with van der Waals surface area (Å²) < 4.78 is 0. The van der Waals surface area contributed by atoms with E-state index in [0.29, 0.717) is 11.8 Å². The van der Waals surface area contributed by atoms with Crippen molar-refractivity contribution in [3.63, 3.8) is 0 Å². The van der Waals surface area contributed by atoms with Crippen LogP contribution in [0.4, 0.5) is 0 Å². The predicted molar refractivity (Wildman–Crippen MR) is 86.8 cm³/mol. The smallest absolute Gasteiger partial charge is 0.115 e. The van der Waals surface area contributed by atoms with Crippen molar-refractivity contribution in [3.05, 3.63) is 65.2 Å². The number of rotatable bonds is 5. The van der Waals surface area contributed by atoms with Gasteiger partial charge in [-0.05, 0) is 67.5 Å². The Morgan fingerprint density at radius 2 is 1.76 bits per heavy atom. The van der Waals surface area contributed by atoms with Crippen molar-refractivity contribution < 1.29 is 5.11 Å².